The molecule has 0 saturated carbocycles. The van der Waals surface area contributed by atoms with Gasteiger partial charge in [0.25, 0.3) is 5.91 Å². The summed E-state index contributed by atoms with van der Waals surface area (Å²) in [5.41, 5.74) is 5.25. The van der Waals surface area contributed by atoms with Crippen molar-refractivity contribution in [3.05, 3.63) is 57.6 Å². The Balaban J connectivity index is 1.91. The van der Waals surface area contributed by atoms with Gasteiger partial charge in [0.1, 0.15) is 11.5 Å². The number of aryl methyl sites for hydroxylation is 2. The maximum Gasteiger partial charge on any atom is 0.277 e. The van der Waals surface area contributed by atoms with Gasteiger partial charge in [-0.3, -0.25) is 4.79 Å². The van der Waals surface area contributed by atoms with Gasteiger partial charge in [0.2, 0.25) is 0 Å². The molecule has 1 N–H and O–H groups in total. The van der Waals surface area contributed by atoms with Crippen molar-refractivity contribution in [3.63, 3.8) is 0 Å². The number of carbonyl (C=O) groups excluding carboxylic acids is 1. The van der Waals surface area contributed by atoms with Crippen LogP contribution in [0.25, 0.3) is 0 Å². The first kappa shape index (κ1) is 18.0. The number of hydrogen-bond donors (Lipinski definition) is 1. The summed E-state index contributed by atoms with van der Waals surface area (Å²) in [6, 6.07) is 11.4. The second kappa shape index (κ2) is 8.49. The molecule has 2 aromatic carbocycles. The number of ether oxygens (including phenoxy) is 2. The van der Waals surface area contributed by atoms with Gasteiger partial charge in [0.15, 0.2) is 6.61 Å². The first-order chi connectivity index (χ1) is 11.5. The molecule has 0 radical (unpaired) electrons. The zero-order valence-electron chi connectivity index (χ0n) is 13.8. The molecular formula is C18H19BrN2O3. The highest BCUT2D eigenvalue weighted by Crippen LogP contribution is 2.21. The number of halogens is 1. The summed E-state index contributed by atoms with van der Waals surface area (Å²) in [4.78, 5) is 11.8. The summed E-state index contributed by atoms with van der Waals surface area (Å²) in [5.74, 6) is 1.03. The molecular weight excluding hydrogens is 372 g/mol. The third-order valence-electron chi connectivity index (χ3n) is 3.29. The van der Waals surface area contributed by atoms with Crippen LogP contribution in [0.15, 0.2) is 46.0 Å². The van der Waals surface area contributed by atoms with Gasteiger partial charge < -0.3 is 9.47 Å². The molecule has 0 aliphatic carbocycles. The van der Waals surface area contributed by atoms with Gasteiger partial charge in [-0.05, 0) is 49.2 Å². The number of methoxy groups -OCH3 is 1. The molecule has 6 heteroatoms. The average Bonchev–Trinajstić information content (AvgIpc) is 2.56. The van der Waals surface area contributed by atoms with Crippen LogP contribution < -0.4 is 14.9 Å². The molecule has 1 amide bonds. The summed E-state index contributed by atoms with van der Waals surface area (Å²) in [6.07, 6.45) is 1.53. The van der Waals surface area contributed by atoms with Crippen LogP contribution in [0.1, 0.15) is 16.7 Å². The fourth-order valence-corrected chi connectivity index (χ4v) is 2.40. The third-order valence-corrected chi connectivity index (χ3v) is 3.78. The quantitative estimate of drug-likeness (QED) is 0.605. The number of hydrazone groups is 1. The molecule has 0 unspecified atom stereocenters. The Labute approximate surface area is 149 Å². The van der Waals surface area contributed by atoms with Gasteiger partial charge in [0, 0.05) is 10.0 Å². The predicted molar refractivity (Wildman–Crippen MR) is 97.8 cm³/mol. The second-order valence-corrected chi connectivity index (χ2v) is 6.15. The van der Waals surface area contributed by atoms with E-state index in [-0.39, 0.29) is 12.5 Å². The maximum absolute atomic E-state index is 11.8. The molecule has 5 nitrogen and oxygen atoms in total. The average molecular weight is 391 g/mol. The first-order valence-electron chi connectivity index (χ1n) is 7.35. The number of rotatable bonds is 6. The van der Waals surface area contributed by atoms with Crippen LogP contribution in [0.2, 0.25) is 0 Å². The van der Waals surface area contributed by atoms with Crippen LogP contribution in [0.4, 0.5) is 0 Å². The zero-order valence-corrected chi connectivity index (χ0v) is 15.4. The van der Waals surface area contributed by atoms with E-state index in [1.807, 2.05) is 50.2 Å². The molecule has 2 aromatic rings. The lowest BCUT2D eigenvalue weighted by molar-refractivity contribution is -0.123. The summed E-state index contributed by atoms with van der Waals surface area (Å²) in [5, 5.41) is 3.94. The highest BCUT2D eigenvalue weighted by Gasteiger charge is 2.05. The number of carbonyl (C=O) groups is 1. The van der Waals surface area contributed by atoms with Crippen molar-refractivity contribution in [1.29, 1.82) is 0 Å². The van der Waals surface area contributed by atoms with Crippen molar-refractivity contribution in [2.24, 2.45) is 5.10 Å². The minimum atomic E-state index is -0.332. The number of amides is 1. The molecule has 0 aromatic heterocycles. The molecule has 0 aliphatic heterocycles. The van der Waals surface area contributed by atoms with Crippen LogP contribution in [0.3, 0.4) is 0 Å². The third kappa shape index (κ3) is 5.09. The van der Waals surface area contributed by atoms with Crippen molar-refractivity contribution >= 4 is 28.1 Å². The summed E-state index contributed by atoms with van der Waals surface area (Å²) >= 11 is 3.39. The van der Waals surface area contributed by atoms with Gasteiger partial charge in [-0.2, -0.15) is 5.10 Å². The molecule has 126 valence electrons. The summed E-state index contributed by atoms with van der Waals surface area (Å²) in [6.45, 7) is 3.81. The molecule has 24 heavy (non-hydrogen) atoms. The van der Waals surface area contributed by atoms with Crippen LogP contribution in [-0.4, -0.2) is 25.8 Å². The molecule has 0 heterocycles. The van der Waals surface area contributed by atoms with E-state index in [9.17, 15) is 4.79 Å². The van der Waals surface area contributed by atoms with Gasteiger partial charge in [0.05, 0.1) is 13.3 Å². The van der Waals surface area contributed by atoms with Crippen LogP contribution in [0.5, 0.6) is 11.5 Å². The predicted octanol–water partition coefficient (Wildman–Crippen LogP) is 3.60. The van der Waals surface area contributed by atoms with E-state index in [1.165, 1.54) is 6.21 Å². The Bertz CT molecular complexity index is 760. The maximum atomic E-state index is 11.8. The lowest BCUT2D eigenvalue weighted by Gasteiger charge is -2.09. The molecule has 0 atom stereocenters. The largest absolute Gasteiger partial charge is 0.496 e. The van der Waals surface area contributed by atoms with Crippen LogP contribution >= 0.6 is 15.9 Å². The Hall–Kier alpha value is -2.34. The molecule has 2 rings (SSSR count). The van der Waals surface area contributed by atoms with E-state index in [0.717, 1.165) is 21.2 Å². The lowest BCUT2D eigenvalue weighted by Crippen LogP contribution is -2.24. The van der Waals surface area contributed by atoms with Crippen molar-refractivity contribution in [2.45, 2.75) is 13.8 Å². The fraction of sp³-hybridized carbons (Fsp3) is 0.222. The monoisotopic (exact) mass is 390 g/mol. The topological polar surface area (TPSA) is 59.9 Å². The molecule has 0 aliphatic rings. The fourth-order valence-electron chi connectivity index (χ4n) is 2.02. The van der Waals surface area contributed by atoms with Gasteiger partial charge in [-0.15, -0.1) is 0 Å². The minimum absolute atomic E-state index is 0.0999. The van der Waals surface area contributed by atoms with Crippen molar-refractivity contribution in [2.75, 3.05) is 13.7 Å². The number of hydrogen-bond acceptors (Lipinski definition) is 4. The first-order valence-corrected chi connectivity index (χ1v) is 8.14. The molecule has 0 spiro atoms. The Morgan fingerprint density at radius 1 is 1.21 bits per heavy atom. The van der Waals surface area contributed by atoms with Crippen molar-refractivity contribution in [1.82, 2.24) is 5.43 Å². The van der Waals surface area contributed by atoms with Crippen LogP contribution in [0, 0.1) is 13.8 Å². The standard InChI is InChI=1S/C18H19BrN2O3/c1-12-4-5-13(2)17(8-12)24-11-18(22)21-20-10-14-9-15(19)6-7-16(14)23-3/h4-10H,11H2,1-3H3,(H,21,22). The van der Waals surface area contributed by atoms with Crippen molar-refractivity contribution < 1.29 is 14.3 Å². The van der Waals surface area contributed by atoms with Crippen LogP contribution in [-0.2, 0) is 4.79 Å². The SMILES string of the molecule is COc1ccc(Br)cc1C=NNC(=O)COc1cc(C)ccc1C. The molecule has 0 bridgehead atoms. The van der Waals surface area contributed by atoms with E-state index >= 15 is 0 Å². The Morgan fingerprint density at radius 2 is 2.00 bits per heavy atom. The Morgan fingerprint density at radius 3 is 2.75 bits per heavy atom. The highest BCUT2D eigenvalue weighted by molar-refractivity contribution is 9.10. The summed E-state index contributed by atoms with van der Waals surface area (Å²) in [7, 11) is 1.58. The van der Waals surface area contributed by atoms with E-state index in [4.69, 9.17) is 9.47 Å². The molecule has 0 fully saturated rings. The van der Waals surface area contributed by atoms with E-state index in [2.05, 4.69) is 26.5 Å². The smallest absolute Gasteiger partial charge is 0.277 e. The van der Waals surface area contributed by atoms with Gasteiger partial charge in [-0.1, -0.05) is 28.1 Å². The van der Waals surface area contributed by atoms with Gasteiger partial charge >= 0.3 is 0 Å². The minimum Gasteiger partial charge on any atom is -0.496 e. The number of benzene rings is 2. The van der Waals surface area contributed by atoms with E-state index in [0.29, 0.717) is 11.5 Å². The van der Waals surface area contributed by atoms with E-state index in [1.54, 1.807) is 7.11 Å². The number of nitrogens with zero attached hydrogens (tertiary/aromatic N) is 1. The van der Waals surface area contributed by atoms with Gasteiger partial charge in [-0.25, -0.2) is 5.43 Å². The summed E-state index contributed by atoms with van der Waals surface area (Å²) < 4.78 is 11.7. The zero-order chi connectivity index (χ0) is 17.5. The second-order valence-electron chi connectivity index (χ2n) is 5.24. The lowest BCUT2D eigenvalue weighted by atomic mass is 10.1. The number of nitrogens with one attached hydrogen (secondary N) is 1. The Kier molecular flexibility index (Phi) is 6.37. The highest BCUT2D eigenvalue weighted by atomic mass is 79.9. The normalized spacial score (nSPS) is 10.7. The molecule has 0 saturated heterocycles. The van der Waals surface area contributed by atoms with E-state index < -0.39 is 0 Å². The van der Waals surface area contributed by atoms with Crippen molar-refractivity contribution in [3.8, 4) is 11.5 Å².